The third kappa shape index (κ3) is 4.99. The van der Waals surface area contributed by atoms with Gasteiger partial charge in [-0.25, -0.2) is 0 Å². The molecule has 3 saturated carbocycles. The van der Waals surface area contributed by atoms with Crippen molar-refractivity contribution in [2.45, 2.75) is 161 Å². The summed E-state index contributed by atoms with van der Waals surface area (Å²) in [6.07, 6.45) is 2.35. The molecule has 252 valence electrons. The highest BCUT2D eigenvalue weighted by Crippen LogP contribution is 2.69. The summed E-state index contributed by atoms with van der Waals surface area (Å²) in [4.78, 5) is 14.0. The first-order valence-electron chi connectivity index (χ1n) is 17.9. The van der Waals surface area contributed by atoms with Gasteiger partial charge in [0, 0.05) is 35.8 Å². The van der Waals surface area contributed by atoms with Crippen molar-refractivity contribution in [2.24, 2.45) is 23.2 Å². The topological polar surface area (TPSA) is 65.0 Å². The number of Topliss-reactive ketones (excluding diaryl/α,β-unsaturated/α-hetero) is 1. The zero-order valence-corrected chi connectivity index (χ0v) is 32.7. The zero-order valence-electron chi connectivity index (χ0n) is 30.7. The average Bonchev–Trinajstić information content (AvgIpc) is 3.14. The summed E-state index contributed by atoms with van der Waals surface area (Å²) in [6, 6.07) is 6.44. The molecule has 0 saturated heterocycles. The maximum atomic E-state index is 14.0. The summed E-state index contributed by atoms with van der Waals surface area (Å²) in [5.41, 5.74) is 3.54. The Labute approximate surface area is 276 Å². The minimum Gasteiger partial charge on any atom is -0.543 e. The van der Waals surface area contributed by atoms with E-state index in [0.717, 1.165) is 22.6 Å². The number of ether oxygens (including phenoxy) is 1. The fraction of sp³-hybridized carbons (Fsp3) is 0.763. The first-order valence-corrected chi connectivity index (χ1v) is 22.2. The largest absolute Gasteiger partial charge is 0.543 e. The van der Waals surface area contributed by atoms with E-state index in [-0.39, 0.29) is 47.4 Å². The molecule has 2 bridgehead atoms. The second-order valence-corrected chi connectivity index (χ2v) is 28.4. The van der Waals surface area contributed by atoms with Gasteiger partial charge >= 0.3 is 0 Å². The molecule has 45 heavy (non-hydrogen) atoms. The summed E-state index contributed by atoms with van der Waals surface area (Å²) in [5, 5.41) is 12.4. The van der Waals surface area contributed by atoms with Gasteiger partial charge in [0.05, 0.1) is 18.0 Å². The molecule has 3 aliphatic carbocycles. The molecule has 1 aromatic rings. The molecule has 5 rings (SSSR count). The molecule has 1 heterocycles. The van der Waals surface area contributed by atoms with Crippen LogP contribution >= 0.6 is 0 Å². The Morgan fingerprint density at radius 3 is 1.89 bits per heavy atom. The van der Waals surface area contributed by atoms with Crippen molar-refractivity contribution >= 4 is 22.4 Å². The number of carbonyl (C=O) groups excluding carboxylic acids is 1. The van der Waals surface area contributed by atoms with E-state index in [1.54, 1.807) is 0 Å². The van der Waals surface area contributed by atoms with E-state index in [0.29, 0.717) is 39.7 Å². The van der Waals surface area contributed by atoms with Crippen LogP contribution in [0, 0.1) is 23.2 Å². The van der Waals surface area contributed by atoms with Gasteiger partial charge in [-0.15, -0.1) is 0 Å². The van der Waals surface area contributed by atoms with Gasteiger partial charge in [0.1, 0.15) is 17.3 Å². The Morgan fingerprint density at radius 2 is 1.38 bits per heavy atom. The number of hydrogen-bond donors (Lipinski definition) is 1. The first kappa shape index (κ1) is 34.9. The average molecular weight is 655 g/mol. The van der Waals surface area contributed by atoms with Crippen molar-refractivity contribution in [1.29, 1.82) is 0 Å². The zero-order chi connectivity index (χ0) is 33.6. The van der Waals surface area contributed by atoms with Crippen LogP contribution in [-0.4, -0.2) is 39.2 Å². The maximum Gasteiger partial charge on any atom is 0.258 e. The van der Waals surface area contributed by atoms with Crippen molar-refractivity contribution < 1.29 is 23.5 Å². The number of allylic oxidation sites excluding steroid dienone is 1. The Bertz CT molecular complexity index is 1280. The van der Waals surface area contributed by atoms with Crippen LogP contribution in [0.4, 0.5) is 0 Å². The highest BCUT2D eigenvalue weighted by Gasteiger charge is 2.71. The first-order chi connectivity index (χ1) is 20.8. The Balaban J connectivity index is 1.56. The lowest BCUT2D eigenvalue weighted by Gasteiger charge is -2.56. The van der Waals surface area contributed by atoms with Crippen molar-refractivity contribution in [2.75, 3.05) is 0 Å². The van der Waals surface area contributed by atoms with Crippen molar-refractivity contribution in [1.82, 2.24) is 0 Å². The fourth-order valence-electron chi connectivity index (χ4n) is 11.5. The molecule has 4 aliphatic rings. The lowest BCUT2D eigenvalue weighted by molar-refractivity contribution is -0.147. The van der Waals surface area contributed by atoms with E-state index < -0.39 is 22.2 Å². The summed E-state index contributed by atoms with van der Waals surface area (Å²) in [5.74, 6) is 1.74. The molecule has 0 radical (unpaired) electrons. The molecule has 0 aromatic heterocycles. The normalized spacial score (nSPS) is 30.7. The van der Waals surface area contributed by atoms with E-state index in [9.17, 15) is 9.90 Å². The maximum absolute atomic E-state index is 14.0. The van der Waals surface area contributed by atoms with Gasteiger partial charge in [0.25, 0.3) is 8.32 Å². The van der Waals surface area contributed by atoms with E-state index in [1.807, 2.05) is 6.26 Å². The number of ketones is 1. The molecule has 1 aromatic carbocycles. The van der Waals surface area contributed by atoms with Gasteiger partial charge in [-0.1, -0.05) is 103 Å². The van der Waals surface area contributed by atoms with Crippen LogP contribution in [0.5, 0.6) is 11.5 Å². The lowest BCUT2D eigenvalue weighted by atomic mass is 9.51. The standard InChI is InChI=1S/C38H62O5Si2/c1-21(2)44(22(3)4,23(5)6)42-27-15-16-28-32(17-27)41-20-29-33-31(39)19-38(40)18-30(37(13,14)35(28)29)34(33)36(38)43-45(24(7)8,25(9)10)26(11)12/h15-17,20-26,30,33-36,40H,18-19H2,1-14H3/t30-,33+,34+,35+,36?,38+/m0/s1. The quantitative estimate of drug-likeness (QED) is 0.254. The lowest BCUT2D eigenvalue weighted by Crippen LogP contribution is -2.61. The van der Waals surface area contributed by atoms with Crippen LogP contribution in [0.3, 0.4) is 0 Å². The van der Waals surface area contributed by atoms with Crippen LogP contribution in [0.2, 0.25) is 33.2 Å². The minimum absolute atomic E-state index is 0.0381. The monoisotopic (exact) mass is 654 g/mol. The highest BCUT2D eigenvalue weighted by molar-refractivity contribution is 6.78. The molecule has 3 fully saturated rings. The van der Waals surface area contributed by atoms with E-state index in [2.05, 4.69) is 115 Å². The number of hydrogen-bond acceptors (Lipinski definition) is 5. The molecule has 0 amide bonds. The smallest absolute Gasteiger partial charge is 0.258 e. The molecule has 7 heteroatoms. The van der Waals surface area contributed by atoms with Gasteiger partial charge in [-0.05, 0) is 62.6 Å². The predicted molar refractivity (Wildman–Crippen MR) is 189 cm³/mol. The van der Waals surface area contributed by atoms with E-state index >= 15 is 0 Å². The third-order valence-electron chi connectivity index (χ3n) is 13.2. The molecule has 1 unspecified atom stereocenters. The van der Waals surface area contributed by atoms with Crippen molar-refractivity contribution in [3.8, 4) is 11.5 Å². The van der Waals surface area contributed by atoms with Crippen LogP contribution in [-0.2, 0) is 9.22 Å². The van der Waals surface area contributed by atoms with Crippen molar-refractivity contribution in [3.63, 3.8) is 0 Å². The Morgan fingerprint density at radius 1 is 0.844 bits per heavy atom. The Kier molecular flexibility index (Phi) is 9.02. The molecular formula is C38H62O5Si2. The van der Waals surface area contributed by atoms with Crippen LogP contribution in [0.25, 0.3) is 0 Å². The summed E-state index contributed by atoms with van der Waals surface area (Å²) >= 11 is 0. The number of rotatable bonds is 10. The number of benzene rings is 1. The van der Waals surface area contributed by atoms with Crippen molar-refractivity contribution in [3.05, 3.63) is 35.6 Å². The van der Waals surface area contributed by atoms with Crippen LogP contribution < -0.4 is 9.16 Å². The van der Waals surface area contributed by atoms with Crippen LogP contribution in [0.15, 0.2) is 30.0 Å². The molecule has 0 spiro atoms. The van der Waals surface area contributed by atoms with E-state index in [4.69, 9.17) is 13.6 Å². The second kappa shape index (κ2) is 11.6. The van der Waals surface area contributed by atoms with Gasteiger partial charge in [0.2, 0.25) is 8.32 Å². The predicted octanol–water partition coefficient (Wildman–Crippen LogP) is 10.2. The van der Waals surface area contributed by atoms with E-state index in [1.165, 1.54) is 0 Å². The minimum atomic E-state index is -2.31. The number of aliphatic hydroxyl groups is 1. The fourth-order valence-corrected chi connectivity index (χ4v) is 22.4. The second-order valence-electron chi connectivity index (χ2n) is 17.6. The molecule has 1 aliphatic heterocycles. The van der Waals surface area contributed by atoms with Gasteiger partial charge in [0.15, 0.2) is 0 Å². The molecule has 1 N–H and O–H groups in total. The van der Waals surface area contributed by atoms with Gasteiger partial charge in [-0.3, -0.25) is 4.79 Å². The van der Waals surface area contributed by atoms with Gasteiger partial charge < -0.3 is 18.7 Å². The number of carbonyl (C=O) groups is 1. The highest BCUT2D eigenvalue weighted by atomic mass is 28.4. The molecule has 5 nitrogen and oxygen atoms in total. The Hall–Kier alpha value is -1.42. The molecule has 6 atom stereocenters. The summed E-state index contributed by atoms with van der Waals surface area (Å²) in [6.45, 7) is 32.4. The summed E-state index contributed by atoms with van der Waals surface area (Å²) in [7, 11) is -4.44. The third-order valence-corrected chi connectivity index (χ3v) is 25.3. The van der Waals surface area contributed by atoms with Gasteiger partial charge in [-0.2, -0.15) is 0 Å². The number of fused-ring (bicyclic) bond motifs is 5. The SMILES string of the molecule is CC(C)[Si](Oc1ccc2c(c1)OC=C1[C@@H]3C(=O)C[C@]4(O)C[C@@H]([C@H]3C4O[Si](C(C)C)(C(C)C)C(C)C)C(C)(C)[C@@H]12)(C(C)C)C(C)C. The molecular weight excluding hydrogens is 593 g/mol. The summed E-state index contributed by atoms with van der Waals surface area (Å²) < 4.78 is 21.0. The van der Waals surface area contributed by atoms with Crippen LogP contribution in [0.1, 0.15) is 121 Å².